The van der Waals surface area contributed by atoms with Gasteiger partial charge in [-0.3, -0.25) is 5.32 Å². The van der Waals surface area contributed by atoms with Crippen LogP contribution in [0.4, 0.5) is 0 Å². The first-order valence-electron chi connectivity index (χ1n) is 6.56. The average molecular weight is 245 g/mol. The largest absolute Gasteiger partial charge is 0.479 e. The third-order valence-corrected chi connectivity index (χ3v) is 3.77. The predicted molar refractivity (Wildman–Crippen MR) is 71.7 cm³/mol. The molecule has 1 fully saturated rings. The Hall–Kier alpha value is -1.55. The number of hydrogen-bond acceptors (Lipinski definition) is 3. The number of methoxy groups -OCH3 is 1. The number of nitrogens with one attached hydrogen (secondary N) is 1. The molecule has 0 saturated carbocycles. The van der Waals surface area contributed by atoms with E-state index < -0.39 is 0 Å². The first-order chi connectivity index (χ1) is 8.81. The van der Waals surface area contributed by atoms with Gasteiger partial charge in [-0.1, -0.05) is 19.1 Å². The maximum Gasteiger partial charge on any atom is 0.240 e. The Bertz CT molecular complexity index is 549. The van der Waals surface area contributed by atoms with Crippen molar-refractivity contribution in [2.45, 2.75) is 25.9 Å². The lowest BCUT2D eigenvalue weighted by molar-refractivity contribution is 0.216. The summed E-state index contributed by atoms with van der Waals surface area (Å²) in [5.41, 5.74) is 1.14. The van der Waals surface area contributed by atoms with Gasteiger partial charge in [0.2, 0.25) is 5.88 Å². The third kappa shape index (κ3) is 1.77. The summed E-state index contributed by atoms with van der Waals surface area (Å²) in [6.07, 6.45) is 2.76. The summed E-state index contributed by atoms with van der Waals surface area (Å²) in [6.45, 7) is 3.34. The fourth-order valence-corrected chi connectivity index (χ4v) is 2.78. The first kappa shape index (κ1) is 11.5. The van der Waals surface area contributed by atoms with Gasteiger partial charge in [-0.15, -0.1) is 5.10 Å². The van der Waals surface area contributed by atoms with Gasteiger partial charge in [-0.25, -0.2) is 4.68 Å². The summed E-state index contributed by atoms with van der Waals surface area (Å²) in [7, 11) is 1.68. The Kier molecular flexibility index (Phi) is 2.96. The van der Waals surface area contributed by atoms with Crippen LogP contribution in [0.15, 0.2) is 24.3 Å². The van der Waals surface area contributed by atoms with Crippen LogP contribution in [0.5, 0.6) is 5.88 Å². The van der Waals surface area contributed by atoms with E-state index in [0.29, 0.717) is 11.8 Å². The molecule has 0 aliphatic carbocycles. The van der Waals surface area contributed by atoms with Crippen molar-refractivity contribution < 1.29 is 4.74 Å². The number of ether oxygens (including phenoxy) is 1. The van der Waals surface area contributed by atoms with Gasteiger partial charge in [0.05, 0.1) is 18.0 Å². The minimum absolute atomic E-state index is 0.271. The number of aromatic nitrogens is 2. The van der Waals surface area contributed by atoms with Crippen LogP contribution in [-0.4, -0.2) is 23.4 Å². The molecule has 4 nitrogen and oxygen atoms in total. The molecule has 1 N–H and O–H groups in total. The molecule has 1 aromatic carbocycles. The molecule has 3 rings (SSSR count). The maximum absolute atomic E-state index is 5.37. The molecule has 0 radical (unpaired) electrons. The van der Waals surface area contributed by atoms with Crippen molar-refractivity contribution in [1.29, 1.82) is 0 Å². The van der Waals surface area contributed by atoms with E-state index in [2.05, 4.69) is 34.2 Å². The van der Waals surface area contributed by atoms with Crippen LogP contribution >= 0.6 is 0 Å². The van der Waals surface area contributed by atoms with E-state index in [4.69, 9.17) is 4.74 Å². The molecular weight excluding hydrogens is 226 g/mol. The van der Waals surface area contributed by atoms with Crippen LogP contribution < -0.4 is 10.1 Å². The lowest BCUT2D eigenvalue weighted by Crippen LogP contribution is -2.37. The molecule has 1 aromatic heterocycles. The Morgan fingerprint density at radius 1 is 1.39 bits per heavy atom. The van der Waals surface area contributed by atoms with Crippen LogP contribution in [0, 0.1) is 5.92 Å². The highest BCUT2D eigenvalue weighted by atomic mass is 16.5. The van der Waals surface area contributed by atoms with E-state index in [1.165, 1.54) is 12.8 Å². The monoisotopic (exact) mass is 245 g/mol. The van der Waals surface area contributed by atoms with E-state index in [1.807, 2.05) is 12.1 Å². The number of rotatable bonds is 2. The Labute approximate surface area is 107 Å². The second kappa shape index (κ2) is 4.61. The third-order valence-electron chi connectivity index (χ3n) is 3.77. The van der Waals surface area contributed by atoms with Gasteiger partial charge in [-0.05, 0) is 37.4 Å². The van der Waals surface area contributed by atoms with Crippen LogP contribution in [0.3, 0.4) is 0 Å². The first-order valence-corrected chi connectivity index (χ1v) is 6.56. The van der Waals surface area contributed by atoms with E-state index in [0.717, 1.165) is 17.4 Å². The zero-order valence-electron chi connectivity index (χ0n) is 10.9. The van der Waals surface area contributed by atoms with Crippen molar-refractivity contribution in [2.24, 2.45) is 5.92 Å². The molecule has 1 aliphatic heterocycles. The molecule has 0 amide bonds. The Balaban J connectivity index is 2.10. The molecule has 4 heteroatoms. The molecule has 18 heavy (non-hydrogen) atoms. The van der Waals surface area contributed by atoms with Crippen molar-refractivity contribution in [3.63, 3.8) is 0 Å². The highest BCUT2D eigenvalue weighted by Gasteiger charge is 2.25. The van der Waals surface area contributed by atoms with Crippen LogP contribution in [0.25, 0.3) is 10.9 Å². The summed E-state index contributed by atoms with van der Waals surface area (Å²) in [4.78, 5) is 0. The molecule has 2 atom stereocenters. The second-order valence-electron chi connectivity index (χ2n) is 4.99. The molecule has 2 heterocycles. The van der Waals surface area contributed by atoms with Crippen molar-refractivity contribution in [3.05, 3.63) is 24.3 Å². The molecule has 0 spiro atoms. The highest BCUT2D eigenvalue weighted by molar-refractivity contribution is 5.84. The number of benzene rings is 1. The zero-order chi connectivity index (χ0) is 12.5. The van der Waals surface area contributed by atoms with Crippen molar-refractivity contribution >= 4 is 10.9 Å². The van der Waals surface area contributed by atoms with Gasteiger partial charge >= 0.3 is 0 Å². The molecule has 96 valence electrons. The van der Waals surface area contributed by atoms with Gasteiger partial charge in [0, 0.05) is 0 Å². The van der Waals surface area contributed by atoms with Gasteiger partial charge in [0.1, 0.15) is 6.17 Å². The predicted octanol–water partition coefficient (Wildman–Crippen LogP) is 2.56. The molecule has 2 unspecified atom stereocenters. The Morgan fingerprint density at radius 2 is 2.22 bits per heavy atom. The summed E-state index contributed by atoms with van der Waals surface area (Å²) in [5, 5.41) is 9.26. The van der Waals surface area contributed by atoms with E-state index in [9.17, 15) is 0 Å². The van der Waals surface area contributed by atoms with E-state index in [-0.39, 0.29) is 6.17 Å². The molecule has 1 saturated heterocycles. The van der Waals surface area contributed by atoms with Gasteiger partial charge in [0.25, 0.3) is 0 Å². The number of fused-ring (bicyclic) bond motifs is 1. The number of nitrogens with zero attached hydrogens (tertiary/aromatic N) is 2. The lowest BCUT2D eigenvalue weighted by atomic mass is 9.98. The van der Waals surface area contributed by atoms with Gasteiger partial charge in [-0.2, -0.15) is 0 Å². The smallest absolute Gasteiger partial charge is 0.240 e. The standard InChI is InChI=1S/C14H19N3O/c1-10-6-5-9-15-13(10)17-12-8-4-3-7-11(12)14(16-17)18-2/h3-4,7-8,10,13,15H,5-6,9H2,1-2H3. The van der Waals surface area contributed by atoms with Crippen molar-refractivity contribution in [2.75, 3.05) is 13.7 Å². The van der Waals surface area contributed by atoms with E-state index in [1.54, 1.807) is 7.11 Å². The van der Waals surface area contributed by atoms with E-state index >= 15 is 0 Å². The SMILES string of the molecule is COc1nn(C2NCCCC2C)c2ccccc12. The molecule has 2 aromatic rings. The number of piperidine rings is 1. The van der Waals surface area contributed by atoms with Crippen LogP contribution in [0.1, 0.15) is 25.9 Å². The van der Waals surface area contributed by atoms with Crippen LogP contribution in [-0.2, 0) is 0 Å². The quantitative estimate of drug-likeness (QED) is 0.883. The topological polar surface area (TPSA) is 39.1 Å². The summed E-state index contributed by atoms with van der Waals surface area (Å²) in [5.74, 6) is 1.30. The van der Waals surface area contributed by atoms with Crippen molar-refractivity contribution in [3.8, 4) is 5.88 Å². The fraction of sp³-hybridized carbons (Fsp3) is 0.500. The minimum atomic E-state index is 0.271. The Morgan fingerprint density at radius 3 is 3.00 bits per heavy atom. The van der Waals surface area contributed by atoms with Gasteiger partial charge < -0.3 is 4.74 Å². The fourth-order valence-electron chi connectivity index (χ4n) is 2.78. The summed E-state index contributed by atoms with van der Waals surface area (Å²) < 4.78 is 7.46. The molecular formula is C14H19N3O. The maximum atomic E-state index is 5.37. The normalized spacial score (nSPS) is 24.3. The summed E-state index contributed by atoms with van der Waals surface area (Å²) in [6, 6.07) is 8.24. The molecule has 1 aliphatic rings. The minimum Gasteiger partial charge on any atom is -0.479 e. The summed E-state index contributed by atoms with van der Waals surface area (Å²) >= 11 is 0. The second-order valence-corrected chi connectivity index (χ2v) is 4.99. The average Bonchev–Trinajstić information content (AvgIpc) is 2.78. The van der Waals surface area contributed by atoms with Crippen molar-refractivity contribution in [1.82, 2.24) is 15.1 Å². The number of para-hydroxylation sites is 1. The number of hydrogen-bond donors (Lipinski definition) is 1. The van der Waals surface area contributed by atoms with Crippen LogP contribution in [0.2, 0.25) is 0 Å². The highest BCUT2D eigenvalue weighted by Crippen LogP contribution is 2.31. The van der Waals surface area contributed by atoms with Gasteiger partial charge in [0.15, 0.2) is 0 Å². The molecule has 0 bridgehead atoms. The zero-order valence-corrected chi connectivity index (χ0v) is 10.9. The lowest BCUT2D eigenvalue weighted by Gasteiger charge is -2.30.